The van der Waals surface area contributed by atoms with Crippen LogP contribution >= 0.6 is 0 Å². The van der Waals surface area contributed by atoms with Crippen LogP contribution in [0, 0.1) is 0 Å². The van der Waals surface area contributed by atoms with E-state index in [1.165, 1.54) is 64.2 Å². The van der Waals surface area contributed by atoms with Gasteiger partial charge in [0, 0.05) is 18.6 Å². The molecular formula is C16H30N2O2. The van der Waals surface area contributed by atoms with Gasteiger partial charge in [-0.25, -0.2) is 0 Å². The van der Waals surface area contributed by atoms with Crippen LogP contribution in [0.4, 0.5) is 0 Å². The molecule has 1 atom stereocenters. The zero-order chi connectivity index (χ0) is 14.4. The van der Waals surface area contributed by atoms with Crippen molar-refractivity contribution >= 4 is 5.97 Å². The third-order valence-corrected chi connectivity index (χ3v) is 5.10. The highest BCUT2D eigenvalue weighted by atomic mass is 16.4. The molecule has 116 valence electrons. The van der Waals surface area contributed by atoms with Crippen LogP contribution in [0.15, 0.2) is 0 Å². The number of carboxylic acids is 1. The molecule has 0 saturated heterocycles. The number of aliphatic carboxylic acids is 1. The molecule has 0 aromatic carbocycles. The lowest BCUT2D eigenvalue weighted by Crippen LogP contribution is -2.47. The van der Waals surface area contributed by atoms with Crippen molar-refractivity contribution in [1.82, 2.24) is 4.90 Å². The fourth-order valence-electron chi connectivity index (χ4n) is 3.90. The van der Waals surface area contributed by atoms with Gasteiger partial charge in [0.2, 0.25) is 0 Å². The van der Waals surface area contributed by atoms with Crippen molar-refractivity contribution < 1.29 is 9.90 Å². The molecule has 2 rings (SSSR count). The maximum absolute atomic E-state index is 10.9. The van der Waals surface area contributed by atoms with Crippen LogP contribution in [0.3, 0.4) is 0 Å². The second-order valence-corrected chi connectivity index (χ2v) is 6.55. The first kappa shape index (κ1) is 15.8. The average molecular weight is 282 g/mol. The van der Waals surface area contributed by atoms with Crippen LogP contribution < -0.4 is 5.73 Å². The second-order valence-electron chi connectivity index (χ2n) is 6.55. The van der Waals surface area contributed by atoms with E-state index in [2.05, 4.69) is 4.90 Å². The lowest BCUT2D eigenvalue weighted by atomic mass is 9.88. The Hall–Kier alpha value is -0.610. The standard InChI is InChI=1S/C16H30N2O2/c17-15(16(19)20)11-12-18(13-7-3-1-4-8-13)14-9-5-2-6-10-14/h13-15H,1-12,17H2,(H,19,20). The van der Waals surface area contributed by atoms with Gasteiger partial charge in [-0.05, 0) is 32.1 Å². The van der Waals surface area contributed by atoms with E-state index in [1.807, 2.05) is 0 Å². The van der Waals surface area contributed by atoms with Crippen LogP contribution in [0.2, 0.25) is 0 Å². The molecule has 20 heavy (non-hydrogen) atoms. The summed E-state index contributed by atoms with van der Waals surface area (Å²) in [7, 11) is 0. The lowest BCUT2D eigenvalue weighted by Gasteiger charge is -2.42. The Bertz CT molecular complexity index is 279. The average Bonchev–Trinajstić information content (AvgIpc) is 2.49. The molecule has 0 aromatic rings. The van der Waals surface area contributed by atoms with Crippen molar-refractivity contribution in [3.63, 3.8) is 0 Å². The lowest BCUT2D eigenvalue weighted by molar-refractivity contribution is -0.138. The van der Waals surface area contributed by atoms with Gasteiger partial charge in [-0.1, -0.05) is 38.5 Å². The van der Waals surface area contributed by atoms with Crippen molar-refractivity contribution in [2.75, 3.05) is 6.54 Å². The smallest absolute Gasteiger partial charge is 0.320 e. The first-order valence-corrected chi connectivity index (χ1v) is 8.42. The molecule has 0 aliphatic heterocycles. The molecule has 4 heteroatoms. The molecule has 0 heterocycles. The number of carboxylic acid groups (broad SMARTS) is 1. The summed E-state index contributed by atoms with van der Waals surface area (Å²) in [5, 5.41) is 8.97. The number of hydrogen-bond acceptors (Lipinski definition) is 3. The first-order valence-electron chi connectivity index (χ1n) is 8.42. The maximum atomic E-state index is 10.9. The summed E-state index contributed by atoms with van der Waals surface area (Å²) in [6, 6.07) is 0.644. The predicted octanol–water partition coefficient (Wildman–Crippen LogP) is 2.76. The summed E-state index contributed by atoms with van der Waals surface area (Å²) in [6.45, 7) is 0.864. The summed E-state index contributed by atoms with van der Waals surface area (Å²) < 4.78 is 0. The molecule has 2 saturated carbocycles. The van der Waals surface area contributed by atoms with E-state index >= 15 is 0 Å². The van der Waals surface area contributed by atoms with E-state index in [-0.39, 0.29) is 0 Å². The topological polar surface area (TPSA) is 66.6 Å². The number of hydrogen-bond donors (Lipinski definition) is 2. The van der Waals surface area contributed by atoms with E-state index in [9.17, 15) is 4.79 Å². The minimum atomic E-state index is -0.864. The Labute approximate surface area is 122 Å². The molecule has 0 radical (unpaired) electrons. The third-order valence-electron chi connectivity index (χ3n) is 5.10. The second kappa shape index (κ2) is 7.99. The monoisotopic (exact) mass is 282 g/mol. The van der Waals surface area contributed by atoms with E-state index in [0.717, 1.165) is 6.54 Å². The number of nitrogens with two attached hydrogens (primary N) is 1. The molecule has 2 fully saturated rings. The van der Waals surface area contributed by atoms with Gasteiger partial charge in [-0.3, -0.25) is 9.69 Å². The minimum absolute atomic E-state index is 0.586. The quantitative estimate of drug-likeness (QED) is 0.786. The molecule has 2 aliphatic carbocycles. The molecule has 2 aliphatic rings. The Morgan fingerprint density at radius 1 is 1.00 bits per heavy atom. The zero-order valence-corrected chi connectivity index (χ0v) is 12.6. The first-order chi connectivity index (χ1) is 9.68. The molecule has 1 unspecified atom stereocenters. The summed E-state index contributed by atoms with van der Waals surface area (Å²) in [5.41, 5.74) is 5.70. The van der Waals surface area contributed by atoms with Crippen molar-refractivity contribution in [3.05, 3.63) is 0 Å². The van der Waals surface area contributed by atoms with Gasteiger partial charge in [0.05, 0.1) is 0 Å². The zero-order valence-electron chi connectivity index (χ0n) is 12.6. The molecule has 0 amide bonds. The van der Waals surface area contributed by atoms with E-state index in [4.69, 9.17) is 10.8 Å². The van der Waals surface area contributed by atoms with Gasteiger partial charge in [0.15, 0.2) is 0 Å². The predicted molar refractivity (Wildman–Crippen MR) is 80.7 cm³/mol. The fraction of sp³-hybridized carbons (Fsp3) is 0.938. The number of nitrogens with zero attached hydrogens (tertiary/aromatic N) is 1. The van der Waals surface area contributed by atoms with Crippen molar-refractivity contribution in [2.45, 2.75) is 88.8 Å². The highest BCUT2D eigenvalue weighted by Crippen LogP contribution is 2.30. The van der Waals surface area contributed by atoms with Gasteiger partial charge in [0.25, 0.3) is 0 Å². The van der Waals surface area contributed by atoms with E-state index in [1.54, 1.807) is 0 Å². The van der Waals surface area contributed by atoms with Crippen molar-refractivity contribution in [3.8, 4) is 0 Å². The van der Waals surface area contributed by atoms with E-state index in [0.29, 0.717) is 18.5 Å². The van der Waals surface area contributed by atoms with Gasteiger partial charge < -0.3 is 10.8 Å². The van der Waals surface area contributed by atoms with Crippen LogP contribution in [-0.2, 0) is 4.79 Å². The van der Waals surface area contributed by atoms with Gasteiger partial charge in [-0.2, -0.15) is 0 Å². The van der Waals surface area contributed by atoms with Crippen LogP contribution in [-0.4, -0.2) is 40.6 Å². The Morgan fingerprint density at radius 2 is 1.45 bits per heavy atom. The third kappa shape index (κ3) is 4.45. The summed E-state index contributed by atoms with van der Waals surface area (Å²) >= 11 is 0. The summed E-state index contributed by atoms with van der Waals surface area (Å²) in [6.07, 6.45) is 13.8. The number of rotatable bonds is 6. The number of carbonyl (C=O) groups is 1. The molecule has 0 spiro atoms. The van der Waals surface area contributed by atoms with Crippen LogP contribution in [0.1, 0.15) is 70.6 Å². The van der Waals surface area contributed by atoms with Crippen molar-refractivity contribution in [2.24, 2.45) is 5.73 Å². The SMILES string of the molecule is NC(CCN(C1CCCCC1)C1CCCCC1)C(=O)O. The van der Waals surface area contributed by atoms with Crippen molar-refractivity contribution in [1.29, 1.82) is 0 Å². The Morgan fingerprint density at radius 3 is 1.85 bits per heavy atom. The normalized spacial score (nSPS) is 23.9. The maximum Gasteiger partial charge on any atom is 0.320 e. The summed E-state index contributed by atoms with van der Waals surface area (Å²) in [4.78, 5) is 13.5. The Kier molecular flexibility index (Phi) is 6.30. The van der Waals surface area contributed by atoms with Crippen LogP contribution in [0.5, 0.6) is 0 Å². The highest BCUT2D eigenvalue weighted by Gasteiger charge is 2.29. The largest absolute Gasteiger partial charge is 0.480 e. The Balaban J connectivity index is 1.93. The van der Waals surface area contributed by atoms with E-state index < -0.39 is 12.0 Å². The molecule has 3 N–H and O–H groups in total. The molecular weight excluding hydrogens is 252 g/mol. The van der Waals surface area contributed by atoms with Gasteiger partial charge in [0.1, 0.15) is 6.04 Å². The van der Waals surface area contributed by atoms with Crippen LogP contribution in [0.25, 0.3) is 0 Å². The molecule has 0 aromatic heterocycles. The summed E-state index contributed by atoms with van der Waals surface area (Å²) in [5.74, 6) is -0.864. The fourth-order valence-corrected chi connectivity index (χ4v) is 3.90. The molecule has 4 nitrogen and oxygen atoms in total. The minimum Gasteiger partial charge on any atom is -0.480 e. The molecule has 0 bridgehead atoms. The van der Waals surface area contributed by atoms with Gasteiger partial charge in [-0.15, -0.1) is 0 Å². The van der Waals surface area contributed by atoms with Gasteiger partial charge >= 0.3 is 5.97 Å². The highest BCUT2D eigenvalue weighted by molar-refractivity contribution is 5.72.